The number of aromatic nitrogens is 1. The highest BCUT2D eigenvalue weighted by atomic mass is 15.2. The van der Waals surface area contributed by atoms with Gasteiger partial charge >= 0.3 is 0 Å². The Kier molecular flexibility index (Phi) is 6.04. The average Bonchev–Trinajstić information content (AvgIpc) is 2.39. The molecule has 1 aromatic rings. The van der Waals surface area contributed by atoms with Gasteiger partial charge in [-0.2, -0.15) is 0 Å². The molecule has 1 aromatic heterocycles. The average molecular weight is 289 g/mol. The Hall–Kier alpha value is -1.09. The van der Waals surface area contributed by atoms with Gasteiger partial charge in [0.1, 0.15) is 5.82 Å². The second kappa shape index (κ2) is 7.79. The summed E-state index contributed by atoms with van der Waals surface area (Å²) >= 11 is 0. The Morgan fingerprint density at radius 2 is 2.14 bits per heavy atom. The summed E-state index contributed by atoms with van der Waals surface area (Å²) in [4.78, 5) is 7.19. The smallest absolute Gasteiger partial charge is 0.131 e. The van der Waals surface area contributed by atoms with Crippen LogP contribution in [0.4, 0.5) is 5.82 Å². The second-order valence-electron chi connectivity index (χ2n) is 6.84. The molecule has 118 valence electrons. The molecule has 0 aliphatic heterocycles. The zero-order chi connectivity index (χ0) is 15.2. The summed E-state index contributed by atoms with van der Waals surface area (Å²) in [5.41, 5.74) is 2.59. The van der Waals surface area contributed by atoms with E-state index in [1.54, 1.807) is 0 Å². The summed E-state index contributed by atoms with van der Waals surface area (Å²) < 4.78 is 0. The minimum absolute atomic E-state index is 0.691. The summed E-state index contributed by atoms with van der Waals surface area (Å²) in [5, 5.41) is 3.49. The number of hydrogen-bond donors (Lipinski definition) is 1. The van der Waals surface area contributed by atoms with Crippen LogP contribution in [0, 0.1) is 18.8 Å². The van der Waals surface area contributed by atoms with E-state index in [2.05, 4.69) is 44.0 Å². The van der Waals surface area contributed by atoms with Gasteiger partial charge in [-0.1, -0.05) is 20.3 Å². The van der Waals surface area contributed by atoms with Gasteiger partial charge in [0.25, 0.3) is 0 Å². The highest BCUT2D eigenvalue weighted by Crippen LogP contribution is 2.29. The maximum absolute atomic E-state index is 4.74. The van der Waals surface area contributed by atoms with Gasteiger partial charge in [-0.25, -0.2) is 4.98 Å². The lowest BCUT2D eigenvalue weighted by atomic mass is 9.85. The van der Waals surface area contributed by atoms with Crippen LogP contribution in [0.15, 0.2) is 12.3 Å². The summed E-state index contributed by atoms with van der Waals surface area (Å²) in [6.45, 7) is 13.1. The highest BCUT2D eigenvalue weighted by Gasteiger charge is 2.21. The van der Waals surface area contributed by atoms with Crippen LogP contribution in [0.2, 0.25) is 0 Å². The largest absolute Gasteiger partial charge is 0.356 e. The molecule has 0 bridgehead atoms. The van der Waals surface area contributed by atoms with E-state index in [0.717, 1.165) is 25.6 Å². The molecule has 1 aliphatic rings. The van der Waals surface area contributed by atoms with Crippen LogP contribution in [-0.4, -0.2) is 24.6 Å². The van der Waals surface area contributed by atoms with Gasteiger partial charge in [0, 0.05) is 25.8 Å². The Morgan fingerprint density at radius 1 is 1.38 bits per heavy atom. The van der Waals surface area contributed by atoms with E-state index in [0.29, 0.717) is 5.92 Å². The molecule has 0 radical (unpaired) electrons. The minimum atomic E-state index is 0.691. The SMILES string of the molecule is CCN(CC1CCC1)c1ncc(CNCC(C)C)cc1C. The molecule has 0 amide bonds. The van der Waals surface area contributed by atoms with Gasteiger partial charge in [0.15, 0.2) is 0 Å². The molecule has 0 saturated heterocycles. The molecule has 0 spiro atoms. The number of hydrogen-bond acceptors (Lipinski definition) is 3. The third-order valence-corrected chi connectivity index (χ3v) is 4.37. The van der Waals surface area contributed by atoms with E-state index >= 15 is 0 Å². The predicted molar refractivity (Wildman–Crippen MR) is 90.7 cm³/mol. The quantitative estimate of drug-likeness (QED) is 0.790. The Morgan fingerprint density at radius 3 is 2.67 bits per heavy atom. The van der Waals surface area contributed by atoms with Gasteiger partial charge in [0.05, 0.1) is 0 Å². The lowest BCUT2D eigenvalue weighted by molar-refractivity contribution is 0.318. The Labute approximate surface area is 130 Å². The normalized spacial score (nSPS) is 15.3. The van der Waals surface area contributed by atoms with Crippen molar-refractivity contribution in [1.29, 1.82) is 0 Å². The van der Waals surface area contributed by atoms with Crippen molar-refractivity contribution in [2.24, 2.45) is 11.8 Å². The first-order chi connectivity index (χ1) is 10.1. The number of pyridine rings is 1. The van der Waals surface area contributed by atoms with Crippen LogP contribution in [-0.2, 0) is 6.54 Å². The summed E-state index contributed by atoms with van der Waals surface area (Å²) in [5.74, 6) is 2.76. The van der Waals surface area contributed by atoms with E-state index in [1.165, 1.54) is 42.8 Å². The highest BCUT2D eigenvalue weighted by molar-refractivity contribution is 5.47. The molecule has 1 heterocycles. The van der Waals surface area contributed by atoms with Crippen LogP contribution in [0.3, 0.4) is 0 Å². The standard InChI is InChI=1S/C18H31N3/c1-5-21(13-16-7-6-8-16)18-15(4)9-17(12-20-18)11-19-10-14(2)3/h9,12,14,16,19H,5-8,10-11,13H2,1-4H3. The number of anilines is 1. The molecular weight excluding hydrogens is 258 g/mol. The summed E-state index contributed by atoms with van der Waals surface area (Å²) in [7, 11) is 0. The molecular formula is C18H31N3. The van der Waals surface area contributed by atoms with Gasteiger partial charge in [-0.05, 0) is 62.3 Å². The molecule has 2 rings (SSSR count). The number of aryl methyl sites for hydroxylation is 1. The molecule has 0 unspecified atom stereocenters. The molecule has 1 N–H and O–H groups in total. The topological polar surface area (TPSA) is 28.2 Å². The molecule has 21 heavy (non-hydrogen) atoms. The molecule has 1 aliphatic carbocycles. The Bertz CT molecular complexity index is 438. The van der Waals surface area contributed by atoms with Crippen LogP contribution in [0.5, 0.6) is 0 Å². The first kappa shape index (κ1) is 16.3. The van der Waals surface area contributed by atoms with E-state index in [4.69, 9.17) is 4.98 Å². The number of rotatable bonds is 8. The first-order valence-corrected chi connectivity index (χ1v) is 8.51. The van der Waals surface area contributed by atoms with Crippen LogP contribution < -0.4 is 10.2 Å². The fourth-order valence-corrected chi connectivity index (χ4v) is 2.91. The van der Waals surface area contributed by atoms with Crippen molar-refractivity contribution < 1.29 is 0 Å². The van der Waals surface area contributed by atoms with Gasteiger partial charge in [-0.3, -0.25) is 0 Å². The monoisotopic (exact) mass is 289 g/mol. The van der Waals surface area contributed by atoms with Crippen molar-refractivity contribution in [2.45, 2.75) is 53.5 Å². The van der Waals surface area contributed by atoms with Crippen molar-refractivity contribution in [3.8, 4) is 0 Å². The van der Waals surface area contributed by atoms with Gasteiger partial charge in [0.2, 0.25) is 0 Å². The van der Waals surface area contributed by atoms with Gasteiger partial charge < -0.3 is 10.2 Å². The van der Waals surface area contributed by atoms with Crippen molar-refractivity contribution in [3.63, 3.8) is 0 Å². The fourth-order valence-electron chi connectivity index (χ4n) is 2.91. The van der Waals surface area contributed by atoms with Gasteiger partial charge in [-0.15, -0.1) is 0 Å². The Balaban J connectivity index is 1.96. The minimum Gasteiger partial charge on any atom is -0.356 e. The van der Waals surface area contributed by atoms with Crippen molar-refractivity contribution in [2.75, 3.05) is 24.5 Å². The lowest BCUT2D eigenvalue weighted by Gasteiger charge is -2.33. The van der Waals surface area contributed by atoms with E-state index in [1.807, 2.05) is 6.20 Å². The molecule has 3 nitrogen and oxygen atoms in total. The maximum atomic E-state index is 4.74. The zero-order valence-corrected chi connectivity index (χ0v) is 14.2. The van der Waals surface area contributed by atoms with Crippen LogP contribution in [0.25, 0.3) is 0 Å². The predicted octanol–water partition coefficient (Wildman–Crippen LogP) is 3.76. The fraction of sp³-hybridized carbons (Fsp3) is 0.722. The summed E-state index contributed by atoms with van der Waals surface area (Å²) in [6, 6.07) is 2.29. The van der Waals surface area contributed by atoms with Crippen LogP contribution >= 0.6 is 0 Å². The lowest BCUT2D eigenvalue weighted by Crippen LogP contribution is -2.33. The summed E-state index contributed by atoms with van der Waals surface area (Å²) in [6.07, 6.45) is 6.24. The van der Waals surface area contributed by atoms with E-state index < -0.39 is 0 Å². The molecule has 3 heteroatoms. The van der Waals surface area contributed by atoms with Crippen molar-refractivity contribution >= 4 is 5.82 Å². The van der Waals surface area contributed by atoms with Crippen molar-refractivity contribution in [1.82, 2.24) is 10.3 Å². The van der Waals surface area contributed by atoms with Crippen LogP contribution in [0.1, 0.15) is 51.2 Å². The van der Waals surface area contributed by atoms with E-state index in [-0.39, 0.29) is 0 Å². The third kappa shape index (κ3) is 4.70. The maximum Gasteiger partial charge on any atom is 0.131 e. The second-order valence-corrected chi connectivity index (χ2v) is 6.84. The molecule has 0 atom stereocenters. The molecule has 1 fully saturated rings. The van der Waals surface area contributed by atoms with E-state index in [9.17, 15) is 0 Å². The third-order valence-electron chi connectivity index (χ3n) is 4.37. The molecule has 0 aromatic carbocycles. The number of nitrogens with one attached hydrogen (secondary N) is 1. The first-order valence-electron chi connectivity index (χ1n) is 8.51. The zero-order valence-electron chi connectivity index (χ0n) is 14.2. The number of nitrogens with zero attached hydrogens (tertiary/aromatic N) is 2. The molecule has 1 saturated carbocycles. The van der Waals surface area contributed by atoms with Crippen molar-refractivity contribution in [3.05, 3.63) is 23.4 Å².